The fraction of sp³-hybridized carbons (Fsp3) is 0.235. The van der Waals surface area contributed by atoms with Crippen LogP contribution >= 0.6 is 15.9 Å². The molecule has 0 N–H and O–H groups in total. The fourth-order valence-electron chi connectivity index (χ4n) is 1.96. The zero-order chi connectivity index (χ0) is 18.0. The molecule has 0 atom stereocenters. The highest BCUT2D eigenvalue weighted by atomic mass is 79.9. The molecule has 128 valence electrons. The van der Waals surface area contributed by atoms with Gasteiger partial charge in [0.1, 0.15) is 5.60 Å². The van der Waals surface area contributed by atoms with Gasteiger partial charge in [0.15, 0.2) is 0 Å². The first-order chi connectivity index (χ1) is 11.1. The quantitative estimate of drug-likeness (QED) is 0.566. The number of benzene rings is 1. The van der Waals surface area contributed by atoms with Crippen molar-refractivity contribution in [2.75, 3.05) is 0 Å². The first-order valence-corrected chi connectivity index (χ1v) is 9.42. The van der Waals surface area contributed by atoms with Crippen LogP contribution in [0, 0.1) is 0 Å². The van der Waals surface area contributed by atoms with Crippen molar-refractivity contribution in [1.29, 1.82) is 0 Å². The van der Waals surface area contributed by atoms with Gasteiger partial charge in [0.05, 0.1) is 10.6 Å². The number of rotatable bonds is 4. The van der Waals surface area contributed by atoms with Crippen LogP contribution in [0.1, 0.15) is 26.5 Å². The summed E-state index contributed by atoms with van der Waals surface area (Å²) >= 11 is 3.27. The molecule has 0 spiro atoms. The first kappa shape index (κ1) is 18.5. The molecule has 7 heteroatoms. The molecule has 2 rings (SSSR count). The minimum Gasteiger partial charge on any atom is -0.457 e. The Morgan fingerprint density at radius 2 is 1.92 bits per heavy atom. The summed E-state index contributed by atoms with van der Waals surface area (Å²) < 4.78 is 32.4. The second kappa shape index (κ2) is 6.94. The van der Waals surface area contributed by atoms with E-state index in [0.717, 1.165) is 3.97 Å². The molecule has 0 aliphatic heterocycles. The molecule has 5 nitrogen and oxygen atoms in total. The Bertz CT molecular complexity index is 876. The molecular formula is C17H18BrNO4S. The maximum Gasteiger partial charge on any atom is 0.331 e. The standard InChI is InChI=1S/C17H18BrNO4S/c1-17(2,3)23-16(20)10-9-14-7-5-11-19(14)24(21,22)15-8-4-6-13(18)12-15/h4-12H,1-3H3/b10-9+. The van der Waals surface area contributed by atoms with Crippen LogP contribution < -0.4 is 0 Å². The normalized spacial score (nSPS) is 12.5. The average Bonchev–Trinajstić information content (AvgIpc) is 2.92. The molecule has 1 aromatic carbocycles. The molecule has 0 amide bonds. The van der Waals surface area contributed by atoms with Crippen molar-refractivity contribution in [2.45, 2.75) is 31.3 Å². The third kappa shape index (κ3) is 4.58. The van der Waals surface area contributed by atoms with Gasteiger partial charge < -0.3 is 4.74 Å². The SMILES string of the molecule is CC(C)(C)OC(=O)/C=C/c1cccn1S(=O)(=O)c1cccc(Br)c1. The monoisotopic (exact) mass is 411 g/mol. The Kier molecular flexibility index (Phi) is 5.35. The van der Waals surface area contributed by atoms with Gasteiger partial charge in [-0.25, -0.2) is 17.2 Å². The number of hydrogen-bond donors (Lipinski definition) is 0. The largest absolute Gasteiger partial charge is 0.457 e. The summed E-state index contributed by atoms with van der Waals surface area (Å²) in [6.07, 6.45) is 4.07. The van der Waals surface area contributed by atoms with Crippen LogP contribution in [0.5, 0.6) is 0 Å². The van der Waals surface area contributed by atoms with Gasteiger partial charge in [0.25, 0.3) is 10.0 Å². The average molecular weight is 412 g/mol. The Balaban J connectivity index is 2.32. The first-order valence-electron chi connectivity index (χ1n) is 7.19. The third-order valence-corrected chi connectivity index (χ3v) is 5.09. The Labute approximate surface area is 150 Å². The van der Waals surface area contributed by atoms with Crippen LogP contribution in [0.15, 0.2) is 58.0 Å². The van der Waals surface area contributed by atoms with Gasteiger partial charge in [-0.2, -0.15) is 0 Å². The Hall–Kier alpha value is -1.86. The molecule has 0 aliphatic carbocycles. The second-order valence-electron chi connectivity index (χ2n) is 6.06. The van der Waals surface area contributed by atoms with Gasteiger partial charge >= 0.3 is 5.97 Å². The molecule has 0 radical (unpaired) electrons. The highest BCUT2D eigenvalue weighted by Crippen LogP contribution is 2.21. The molecule has 0 saturated carbocycles. The number of esters is 1. The van der Waals surface area contributed by atoms with Crippen LogP contribution in [-0.4, -0.2) is 24.0 Å². The van der Waals surface area contributed by atoms with E-state index in [4.69, 9.17) is 4.74 Å². The van der Waals surface area contributed by atoms with E-state index in [1.807, 2.05) is 0 Å². The molecule has 24 heavy (non-hydrogen) atoms. The van der Waals surface area contributed by atoms with Crippen molar-refractivity contribution >= 4 is 38.0 Å². The lowest BCUT2D eigenvalue weighted by Gasteiger charge is -2.17. The number of carbonyl (C=O) groups is 1. The zero-order valence-corrected chi connectivity index (χ0v) is 16.0. The van der Waals surface area contributed by atoms with Crippen LogP contribution in [0.2, 0.25) is 0 Å². The molecular weight excluding hydrogens is 394 g/mol. The van der Waals surface area contributed by atoms with Gasteiger partial charge in [-0.3, -0.25) is 0 Å². The van der Waals surface area contributed by atoms with Gasteiger partial charge in [-0.1, -0.05) is 22.0 Å². The fourth-order valence-corrected chi connectivity index (χ4v) is 3.89. The number of hydrogen-bond acceptors (Lipinski definition) is 4. The van der Waals surface area contributed by atoms with E-state index in [0.29, 0.717) is 10.2 Å². The van der Waals surface area contributed by atoms with Crippen molar-refractivity contribution in [3.8, 4) is 0 Å². The summed E-state index contributed by atoms with van der Waals surface area (Å²) in [5, 5.41) is 0. The van der Waals surface area contributed by atoms with E-state index in [9.17, 15) is 13.2 Å². The van der Waals surface area contributed by atoms with Crippen LogP contribution in [0.25, 0.3) is 6.08 Å². The molecule has 0 unspecified atom stereocenters. The van der Waals surface area contributed by atoms with E-state index < -0.39 is 21.6 Å². The van der Waals surface area contributed by atoms with E-state index in [1.165, 1.54) is 30.5 Å². The molecule has 0 bridgehead atoms. The summed E-state index contributed by atoms with van der Waals surface area (Å²) in [4.78, 5) is 11.9. The maximum absolute atomic E-state index is 12.7. The molecule has 1 aromatic heterocycles. The second-order valence-corrected chi connectivity index (χ2v) is 8.79. The van der Waals surface area contributed by atoms with Gasteiger partial charge in [-0.05, 0) is 57.2 Å². The van der Waals surface area contributed by atoms with E-state index in [1.54, 1.807) is 45.0 Å². The zero-order valence-electron chi connectivity index (χ0n) is 13.6. The minimum absolute atomic E-state index is 0.153. The molecule has 0 fully saturated rings. The predicted octanol–water partition coefficient (Wildman–Crippen LogP) is 3.84. The number of halogens is 1. The minimum atomic E-state index is -3.75. The summed E-state index contributed by atoms with van der Waals surface area (Å²) in [6, 6.07) is 9.65. The summed E-state index contributed by atoms with van der Waals surface area (Å²) in [5.41, 5.74) is -0.243. The lowest BCUT2D eigenvalue weighted by molar-refractivity contribution is -0.148. The molecule has 0 aliphatic rings. The van der Waals surface area contributed by atoms with Crippen molar-refractivity contribution in [2.24, 2.45) is 0 Å². The van der Waals surface area contributed by atoms with Gasteiger partial charge in [-0.15, -0.1) is 0 Å². The number of ether oxygens (including phenoxy) is 1. The summed E-state index contributed by atoms with van der Waals surface area (Å²) in [5.74, 6) is -0.532. The number of nitrogens with zero attached hydrogens (tertiary/aromatic N) is 1. The lowest BCUT2D eigenvalue weighted by Crippen LogP contribution is -2.22. The molecule has 2 aromatic rings. The van der Waals surface area contributed by atoms with E-state index in [2.05, 4.69) is 15.9 Å². The number of carbonyl (C=O) groups excluding carboxylic acids is 1. The summed E-state index contributed by atoms with van der Waals surface area (Å²) in [7, 11) is -3.75. The van der Waals surface area contributed by atoms with Crippen molar-refractivity contribution in [1.82, 2.24) is 3.97 Å². The highest BCUT2D eigenvalue weighted by Gasteiger charge is 2.19. The predicted molar refractivity (Wildman–Crippen MR) is 96.0 cm³/mol. The lowest BCUT2D eigenvalue weighted by atomic mass is 10.2. The molecule has 1 heterocycles. The van der Waals surface area contributed by atoms with Crippen LogP contribution in [0.4, 0.5) is 0 Å². The van der Waals surface area contributed by atoms with Crippen LogP contribution in [-0.2, 0) is 19.6 Å². The highest BCUT2D eigenvalue weighted by molar-refractivity contribution is 9.10. The Morgan fingerprint density at radius 1 is 1.21 bits per heavy atom. The van der Waals surface area contributed by atoms with Gasteiger partial charge in [0, 0.05) is 16.7 Å². The Morgan fingerprint density at radius 3 is 2.54 bits per heavy atom. The summed E-state index contributed by atoms with van der Waals surface area (Å²) in [6.45, 7) is 5.29. The van der Waals surface area contributed by atoms with E-state index >= 15 is 0 Å². The third-order valence-electron chi connectivity index (χ3n) is 2.89. The van der Waals surface area contributed by atoms with Crippen molar-refractivity contribution < 1.29 is 17.9 Å². The topological polar surface area (TPSA) is 65.4 Å². The van der Waals surface area contributed by atoms with Crippen molar-refractivity contribution in [3.05, 3.63) is 58.8 Å². The van der Waals surface area contributed by atoms with Crippen molar-refractivity contribution in [3.63, 3.8) is 0 Å². The number of aromatic nitrogens is 1. The smallest absolute Gasteiger partial charge is 0.331 e. The molecule has 0 saturated heterocycles. The van der Waals surface area contributed by atoms with Gasteiger partial charge in [0.2, 0.25) is 0 Å². The van der Waals surface area contributed by atoms with E-state index in [-0.39, 0.29) is 4.90 Å². The maximum atomic E-state index is 12.7. The van der Waals surface area contributed by atoms with Crippen LogP contribution in [0.3, 0.4) is 0 Å².